The third-order valence-electron chi connectivity index (χ3n) is 5.12. The smallest absolute Gasteiger partial charge is 0.475 e. The van der Waals surface area contributed by atoms with Crippen molar-refractivity contribution in [3.05, 3.63) is 70.2 Å². The maximum absolute atomic E-state index is 13.1. The molecule has 2 aromatic carbocycles. The molecule has 2 N–H and O–H groups in total. The summed E-state index contributed by atoms with van der Waals surface area (Å²) < 4.78 is 31.7. The third-order valence-corrected chi connectivity index (χ3v) is 5.35. The van der Waals surface area contributed by atoms with Gasteiger partial charge in [0.25, 0.3) is 5.91 Å². The van der Waals surface area contributed by atoms with Gasteiger partial charge in [0.1, 0.15) is 0 Å². The Morgan fingerprint density at radius 2 is 1.72 bits per heavy atom. The van der Waals surface area contributed by atoms with Gasteiger partial charge in [-0.25, -0.2) is 4.79 Å². The third kappa shape index (κ3) is 9.20. The van der Waals surface area contributed by atoms with E-state index < -0.39 is 12.1 Å². The van der Waals surface area contributed by atoms with Crippen molar-refractivity contribution in [3.8, 4) is 6.07 Å². The Balaban J connectivity index is 0.000000572. The molecule has 1 fully saturated rings. The molecule has 1 aliphatic rings. The standard InChI is InChI=1S/C22H23ClN4O2.C2HF3O2/c23-20-3-1-2-18(14-20)16-27(11-8-21(28)26-12-9-25-10-13-26)22(29)19-6-4-17(15-24)5-7-19;3-2(4,5)1(6)7/h1-7,14,25H,8-13,16H2;(H,6,7). The summed E-state index contributed by atoms with van der Waals surface area (Å²) in [4.78, 5) is 38.0. The van der Waals surface area contributed by atoms with Crippen LogP contribution in [0, 0.1) is 11.3 Å². The minimum absolute atomic E-state index is 0.0511. The number of halogens is 4. The lowest BCUT2D eigenvalue weighted by atomic mass is 10.1. The van der Waals surface area contributed by atoms with Crippen LogP contribution >= 0.6 is 11.6 Å². The highest BCUT2D eigenvalue weighted by Crippen LogP contribution is 2.16. The van der Waals surface area contributed by atoms with Gasteiger partial charge in [-0.2, -0.15) is 18.4 Å². The molecule has 0 aliphatic carbocycles. The number of hydrogen-bond donors (Lipinski definition) is 2. The van der Waals surface area contributed by atoms with Crippen molar-refractivity contribution in [2.24, 2.45) is 0 Å². The molecule has 0 atom stereocenters. The summed E-state index contributed by atoms with van der Waals surface area (Å²) in [5.74, 6) is -2.88. The van der Waals surface area contributed by atoms with Crippen molar-refractivity contribution in [2.75, 3.05) is 32.7 Å². The van der Waals surface area contributed by atoms with E-state index in [4.69, 9.17) is 26.8 Å². The van der Waals surface area contributed by atoms with Crippen LogP contribution in [0.4, 0.5) is 13.2 Å². The first-order valence-electron chi connectivity index (χ1n) is 10.8. The van der Waals surface area contributed by atoms with Crippen molar-refractivity contribution in [2.45, 2.75) is 19.1 Å². The number of aliphatic carboxylic acids is 1. The number of carbonyl (C=O) groups excluding carboxylic acids is 2. The van der Waals surface area contributed by atoms with Crippen molar-refractivity contribution < 1.29 is 32.7 Å². The summed E-state index contributed by atoms with van der Waals surface area (Å²) in [6.07, 6.45) is -4.82. The molecule has 0 unspecified atom stereocenters. The van der Waals surface area contributed by atoms with Gasteiger partial charge in [0.2, 0.25) is 5.91 Å². The number of carboxylic acids is 1. The summed E-state index contributed by atoms with van der Waals surface area (Å²) in [5, 5.41) is 19.9. The average molecular weight is 525 g/mol. The van der Waals surface area contributed by atoms with E-state index >= 15 is 0 Å². The largest absolute Gasteiger partial charge is 0.490 e. The molecule has 0 radical (unpaired) electrons. The lowest BCUT2D eigenvalue weighted by Gasteiger charge is -2.29. The zero-order chi connectivity index (χ0) is 26.7. The molecule has 1 saturated heterocycles. The molecule has 0 saturated carbocycles. The van der Waals surface area contributed by atoms with E-state index in [-0.39, 0.29) is 18.2 Å². The first-order valence-corrected chi connectivity index (χ1v) is 11.2. The summed E-state index contributed by atoms with van der Waals surface area (Å²) in [6, 6.07) is 15.9. The second-order valence-electron chi connectivity index (χ2n) is 7.73. The molecule has 36 heavy (non-hydrogen) atoms. The van der Waals surface area contributed by atoms with Gasteiger partial charge in [-0.1, -0.05) is 23.7 Å². The predicted octanol–water partition coefficient (Wildman–Crippen LogP) is 3.31. The van der Waals surface area contributed by atoms with Gasteiger partial charge < -0.3 is 20.2 Å². The van der Waals surface area contributed by atoms with Crippen LogP contribution in [0.15, 0.2) is 48.5 Å². The van der Waals surface area contributed by atoms with Gasteiger partial charge in [-0.05, 0) is 42.0 Å². The SMILES string of the molecule is N#Cc1ccc(C(=O)N(CCC(=O)N2CCNCC2)Cc2cccc(Cl)c2)cc1.O=C(O)C(F)(F)F. The van der Waals surface area contributed by atoms with E-state index in [1.165, 1.54) is 0 Å². The minimum atomic E-state index is -5.08. The van der Waals surface area contributed by atoms with E-state index in [9.17, 15) is 22.8 Å². The van der Waals surface area contributed by atoms with E-state index in [0.29, 0.717) is 42.3 Å². The number of alkyl halides is 3. The molecule has 3 rings (SSSR count). The molecule has 8 nitrogen and oxygen atoms in total. The van der Waals surface area contributed by atoms with Crippen molar-refractivity contribution >= 4 is 29.4 Å². The van der Waals surface area contributed by atoms with Gasteiger partial charge in [-0.3, -0.25) is 9.59 Å². The number of benzene rings is 2. The second kappa shape index (κ2) is 13.5. The Bertz CT molecular complexity index is 1100. The highest BCUT2D eigenvalue weighted by atomic mass is 35.5. The molecule has 0 spiro atoms. The number of piperazine rings is 1. The van der Waals surface area contributed by atoms with Gasteiger partial charge >= 0.3 is 12.1 Å². The number of amides is 2. The normalized spacial score (nSPS) is 13.1. The molecule has 0 aromatic heterocycles. The Morgan fingerprint density at radius 3 is 2.25 bits per heavy atom. The Kier molecular flexibility index (Phi) is 10.7. The highest BCUT2D eigenvalue weighted by molar-refractivity contribution is 6.30. The molecule has 1 aliphatic heterocycles. The topological polar surface area (TPSA) is 114 Å². The summed E-state index contributed by atoms with van der Waals surface area (Å²) in [7, 11) is 0. The number of nitrogens with zero attached hydrogens (tertiary/aromatic N) is 3. The Labute approximate surface area is 210 Å². The lowest BCUT2D eigenvalue weighted by Crippen LogP contribution is -2.47. The number of nitrogens with one attached hydrogen (secondary N) is 1. The monoisotopic (exact) mass is 524 g/mol. The molecule has 2 aromatic rings. The van der Waals surface area contributed by atoms with Crippen LogP contribution in [0.25, 0.3) is 0 Å². The summed E-state index contributed by atoms with van der Waals surface area (Å²) >= 11 is 6.09. The number of carbonyl (C=O) groups is 3. The average Bonchev–Trinajstić information content (AvgIpc) is 2.86. The van der Waals surface area contributed by atoms with Crippen LogP contribution in [0.1, 0.15) is 27.9 Å². The zero-order valence-corrected chi connectivity index (χ0v) is 19.8. The molecule has 1 heterocycles. The van der Waals surface area contributed by atoms with Crippen LogP contribution in [0.5, 0.6) is 0 Å². The summed E-state index contributed by atoms with van der Waals surface area (Å²) in [6.45, 7) is 3.64. The van der Waals surface area contributed by atoms with Crippen LogP contribution in [0.2, 0.25) is 5.02 Å². The first-order chi connectivity index (χ1) is 17.0. The first kappa shape index (κ1) is 28.6. The Morgan fingerprint density at radius 1 is 1.11 bits per heavy atom. The van der Waals surface area contributed by atoms with Crippen LogP contribution < -0.4 is 5.32 Å². The lowest BCUT2D eigenvalue weighted by molar-refractivity contribution is -0.192. The number of rotatable bonds is 6. The fourth-order valence-corrected chi connectivity index (χ4v) is 3.49. The zero-order valence-electron chi connectivity index (χ0n) is 19.1. The minimum Gasteiger partial charge on any atom is -0.475 e. The molecule has 2 amide bonds. The van der Waals surface area contributed by atoms with Crippen LogP contribution in [-0.2, 0) is 16.1 Å². The van der Waals surface area contributed by atoms with Gasteiger partial charge in [0.05, 0.1) is 11.6 Å². The van der Waals surface area contributed by atoms with E-state index in [1.807, 2.05) is 29.2 Å². The Hall–Kier alpha value is -3.62. The van der Waals surface area contributed by atoms with Gasteiger partial charge in [-0.15, -0.1) is 0 Å². The quantitative estimate of drug-likeness (QED) is 0.599. The summed E-state index contributed by atoms with van der Waals surface area (Å²) in [5.41, 5.74) is 1.88. The van der Waals surface area contributed by atoms with Gasteiger partial charge in [0.15, 0.2) is 0 Å². The predicted molar refractivity (Wildman–Crippen MR) is 125 cm³/mol. The van der Waals surface area contributed by atoms with Crippen molar-refractivity contribution in [1.82, 2.24) is 15.1 Å². The molecule has 192 valence electrons. The molecular formula is C24H24ClF3N4O4. The fourth-order valence-electron chi connectivity index (χ4n) is 3.28. The van der Waals surface area contributed by atoms with Crippen LogP contribution in [-0.4, -0.2) is 71.6 Å². The maximum Gasteiger partial charge on any atom is 0.490 e. The van der Waals surface area contributed by atoms with E-state index in [0.717, 1.165) is 18.7 Å². The highest BCUT2D eigenvalue weighted by Gasteiger charge is 2.38. The second-order valence-corrected chi connectivity index (χ2v) is 8.17. The molecule has 12 heteroatoms. The van der Waals surface area contributed by atoms with Crippen molar-refractivity contribution in [1.29, 1.82) is 5.26 Å². The molecule has 0 bridgehead atoms. The number of hydrogen-bond acceptors (Lipinski definition) is 5. The van der Waals surface area contributed by atoms with E-state index in [1.54, 1.807) is 35.2 Å². The van der Waals surface area contributed by atoms with Crippen LogP contribution in [0.3, 0.4) is 0 Å². The molecular weight excluding hydrogens is 501 g/mol. The number of nitriles is 1. The maximum atomic E-state index is 13.1. The van der Waals surface area contributed by atoms with Crippen molar-refractivity contribution in [3.63, 3.8) is 0 Å². The van der Waals surface area contributed by atoms with Gasteiger partial charge in [0, 0.05) is 56.3 Å². The number of carboxylic acid groups (broad SMARTS) is 1. The fraction of sp³-hybridized carbons (Fsp3) is 0.333. The van der Waals surface area contributed by atoms with E-state index in [2.05, 4.69) is 5.32 Å².